The van der Waals surface area contributed by atoms with Gasteiger partial charge in [0.1, 0.15) is 6.04 Å². The number of hydrogen-bond acceptors (Lipinski definition) is 4. The summed E-state index contributed by atoms with van der Waals surface area (Å²) in [6.07, 6.45) is 0. The predicted octanol–water partition coefficient (Wildman–Crippen LogP) is -0.814. The maximum absolute atomic E-state index is 11.7. The minimum Gasteiger partial charge on any atom is -0.480 e. The van der Waals surface area contributed by atoms with Crippen LogP contribution in [0.1, 0.15) is 13.8 Å². The Labute approximate surface area is 94.1 Å². The van der Waals surface area contributed by atoms with Crippen LogP contribution in [0.4, 0.5) is 0 Å². The maximum Gasteiger partial charge on any atom is 0.326 e. The van der Waals surface area contributed by atoms with E-state index in [2.05, 4.69) is 5.32 Å². The summed E-state index contributed by atoms with van der Waals surface area (Å²) in [6.45, 7) is 4.09. The van der Waals surface area contributed by atoms with Crippen LogP contribution in [-0.2, 0) is 14.3 Å². The second-order valence-corrected chi connectivity index (χ2v) is 4.38. The van der Waals surface area contributed by atoms with Gasteiger partial charge >= 0.3 is 5.97 Å². The Morgan fingerprint density at radius 3 is 2.44 bits per heavy atom. The molecule has 16 heavy (non-hydrogen) atoms. The van der Waals surface area contributed by atoms with Gasteiger partial charge in [0.15, 0.2) is 0 Å². The Bertz CT molecular complexity index is 280. The first-order chi connectivity index (χ1) is 7.43. The summed E-state index contributed by atoms with van der Waals surface area (Å²) >= 11 is 0. The number of carboxylic acid groups (broad SMARTS) is 1. The van der Waals surface area contributed by atoms with E-state index >= 15 is 0 Å². The van der Waals surface area contributed by atoms with Crippen molar-refractivity contribution >= 4 is 11.9 Å². The third-order valence-electron chi connectivity index (χ3n) is 2.69. The molecular weight excluding hydrogens is 212 g/mol. The second-order valence-electron chi connectivity index (χ2n) is 4.38. The van der Waals surface area contributed by atoms with Gasteiger partial charge in [-0.3, -0.25) is 4.79 Å². The van der Waals surface area contributed by atoms with Crippen molar-refractivity contribution in [3.05, 3.63) is 0 Å². The summed E-state index contributed by atoms with van der Waals surface area (Å²) in [5, 5.41) is 11.4. The molecule has 1 aliphatic rings. The summed E-state index contributed by atoms with van der Waals surface area (Å²) in [4.78, 5) is 22.6. The van der Waals surface area contributed by atoms with E-state index < -0.39 is 17.9 Å². The van der Waals surface area contributed by atoms with Crippen LogP contribution in [0.3, 0.4) is 0 Å². The molecule has 0 aliphatic carbocycles. The molecule has 0 aromatic rings. The molecule has 0 bridgehead atoms. The van der Waals surface area contributed by atoms with Crippen molar-refractivity contribution in [3.63, 3.8) is 0 Å². The highest BCUT2D eigenvalue weighted by Crippen LogP contribution is 2.13. The molecule has 4 N–H and O–H groups in total. The number of hydrogen-bond donors (Lipinski definition) is 3. The van der Waals surface area contributed by atoms with Gasteiger partial charge in [0.25, 0.3) is 0 Å². The lowest BCUT2D eigenvalue weighted by atomic mass is 10.0. The Hall–Kier alpha value is -1.14. The van der Waals surface area contributed by atoms with Gasteiger partial charge < -0.3 is 20.9 Å². The molecule has 1 saturated heterocycles. The minimum absolute atomic E-state index is 0.167. The number of carboxylic acids is 1. The Morgan fingerprint density at radius 1 is 1.44 bits per heavy atom. The normalized spacial score (nSPS) is 26.8. The molecule has 1 rings (SSSR count). The van der Waals surface area contributed by atoms with E-state index in [1.807, 2.05) is 0 Å². The molecule has 6 heteroatoms. The van der Waals surface area contributed by atoms with E-state index in [4.69, 9.17) is 15.6 Å². The van der Waals surface area contributed by atoms with Crippen LogP contribution in [0.2, 0.25) is 0 Å². The monoisotopic (exact) mass is 230 g/mol. The van der Waals surface area contributed by atoms with Crippen molar-refractivity contribution in [1.82, 2.24) is 5.32 Å². The molecule has 1 aliphatic heterocycles. The molecule has 92 valence electrons. The third-order valence-corrected chi connectivity index (χ3v) is 2.69. The smallest absolute Gasteiger partial charge is 0.326 e. The molecule has 0 saturated carbocycles. The fraction of sp³-hybridized carbons (Fsp3) is 0.800. The van der Waals surface area contributed by atoms with Gasteiger partial charge in [-0.15, -0.1) is 0 Å². The zero-order valence-electron chi connectivity index (χ0n) is 9.47. The van der Waals surface area contributed by atoms with Crippen molar-refractivity contribution in [2.45, 2.75) is 25.9 Å². The van der Waals surface area contributed by atoms with Gasteiger partial charge in [-0.2, -0.15) is 0 Å². The first-order valence-electron chi connectivity index (χ1n) is 5.30. The van der Waals surface area contributed by atoms with Gasteiger partial charge in [0.2, 0.25) is 5.91 Å². The molecule has 1 heterocycles. The number of nitrogens with two attached hydrogens (primary N) is 1. The van der Waals surface area contributed by atoms with E-state index in [0.717, 1.165) is 0 Å². The van der Waals surface area contributed by atoms with Crippen LogP contribution in [0, 0.1) is 11.8 Å². The highest BCUT2D eigenvalue weighted by molar-refractivity contribution is 5.85. The third kappa shape index (κ3) is 2.93. The lowest BCUT2D eigenvalue weighted by Gasteiger charge is -2.21. The van der Waals surface area contributed by atoms with Crippen molar-refractivity contribution in [1.29, 1.82) is 0 Å². The number of carbonyl (C=O) groups is 2. The molecule has 0 spiro atoms. The molecule has 3 atom stereocenters. The van der Waals surface area contributed by atoms with Crippen LogP contribution in [0.5, 0.6) is 0 Å². The zero-order chi connectivity index (χ0) is 12.3. The van der Waals surface area contributed by atoms with Crippen LogP contribution >= 0.6 is 0 Å². The van der Waals surface area contributed by atoms with E-state index in [-0.39, 0.29) is 24.5 Å². The lowest BCUT2D eigenvalue weighted by Crippen LogP contribution is -2.49. The minimum atomic E-state index is -1.03. The Morgan fingerprint density at radius 2 is 2.06 bits per heavy atom. The zero-order valence-corrected chi connectivity index (χ0v) is 9.47. The van der Waals surface area contributed by atoms with Crippen molar-refractivity contribution < 1.29 is 19.4 Å². The first kappa shape index (κ1) is 12.9. The lowest BCUT2D eigenvalue weighted by molar-refractivity contribution is -0.143. The van der Waals surface area contributed by atoms with Crippen LogP contribution in [0.15, 0.2) is 0 Å². The summed E-state index contributed by atoms with van der Waals surface area (Å²) in [5.41, 5.74) is 5.67. The van der Waals surface area contributed by atoms with Crippen molar-refractivity contribution in [2.75, 3.05) is 13.2 Å². The van der Waals surface area contributed by atoms with Crippen LogP contribution < -0.4 is 11.1 Å². The van der Waals surface area contributed by atoms with Gasteiger partial charge in [-0.05, 0) is 5.92 Å². The molecule has 1 amide bonds. The number of amides is 1. The number of carbonyl (C=O) groups excluding carboxylic acids is 1. The first-order valence-corrected chi connectivity index (χ1v) is 5.30. The molecular formula is C10H18N2O4. The number of aliphatic carboxylic acids is 1. The summed E-state index contributed by atoms with van der Waals surface area (Å²) in [6, 6.07) is -1.22. The Balaban J connectivity index is 2.58. The average Bonchev–Trinajstić information content (AvgIpc) is 2.59. The fourth-order valence-electron chi connectivity index (χ4n) is 1.61. The van der Waals surface area contributed by atoms with Gasteiger partial charge in [-0.25, -0.2) is 4.79 Å². The van der Waals surface area contributed by atoms with Crippen LogP contribution in [0.25, 0.3) is 0 Å². The summed E-state index contributed by atoms with van der Waals surface area (Å²) < 4.78 is 5.06. The molecule has 3 unspecified atom stereocenters. The summed E-state index contributed by atoms with van der Waals surface area (Å²) in [5.74, 6) is -1.98. The van der Waals surface area contributed by atoms with Gasteiger partial charge in [0, 0.05) is 6.04 Å². The highest BCUT2D eigenvalue weighted by Gasteiger charge is 2.34. The number of nitrogens with one attached hydrogen (secondary N) is 1. The largest absolute Gasteiger partial charge is 0.480 e. The standard InChI is InChI=1S/C10H18N2O4/c1-5(2)8(10(14)15)12-9(13)6-3-16-4-7(6)11/h5-8H,3-4,11H2,1-2H3,(H,12,13)(H,14,15). The number of rotatable bonds is 4. The Kier molecular flexibility index (Phi) is 4.26. The van der Waals surface area contributed by atoms with Gasteiger partial charge in [-0.1, -0.05) is 13.8 Å². The van der Waals surface area contributed by atoms with E-state index in [9.17, 15) is 9.59 Å². The number of ether oxygens (including phenoxy) is 1. The van der Waals surface area contributed by atoms with Gasteiger partial charge in [0.05, 0.1) is 19.1 Å². The molecule has 6 nitrogen and oxygen atoms in total. The quantitative estimate of drug-likeness (QED) is 0.586. The predicted molar refractivity (Wildman–Crippen MR) is 56.7 cm³/mol. The van der Waals surface area contributed by atoms with Crippen molar-refractivity contribution in [3.8, 4) is 0 Å². The van der Waals surface area contributed by atoms with Crippen molar-refractivity contribution in [2.24, 2.45) is 17.6 Å². The maximum atomic E-state index is 11.7. The van der Waals surface area contributed by atoms with E-state index in [1.54, 1.807) is 13.8 Å². The van der Waals surface area contributed by atoms with Crippen LogP contribution in [-0.4, -0.2) is 42.3 Å². The molecule has 1 fully saturated rings. The summed E-state index contributed by atoms with van der Waals surface area (Å²) in [7, 11) is 0. The van der Waals surface area contributed by atoms with E-state index in [0.29, 0.717) is 6.61 Å². The highest BCUT2D eigenvalue weighted by atomic mass is 16.5. The average molecular weight is 230 g/mol. The second kappa shape index (κ2) is 5.27. The molecule has 0 aromatic carbocycles. The topological polar surface area (TPSA) is 102 Å². The fourth-order valence-corrected chi connectivity index (χ4v) is 1.61. The molecule has 0 radical (unpaired) electrons. The molecule has 0 aromatic heterocycles. The SMILES string of the molecule is CC(C)C(NC(=O)C1COCC1N)C(=O)O. The van der Waals surface area contributed by atoms with E-state index in [1.165, 1.54) is 0 Å².